The van der Waals surface area contributed by atoms with E-state index < -0.39 is 5.91 Å². The Balaban J connectivity index is 1.92. The second kappa shape index (κ2) is 6.52. The van der Waals surface area contributed by atoms with E-state index in [0.29, 0.717) is 44.3 Å². The zero-order valence-corrected chi connectivity index (χ0v) is 14.9. The molecule has 0 fully saturated rings. The third kappa shape index (κ3) is 2.64. The summed E-state index contributed by atoms with van der Waals surface area (Å²) in [5, 5.41) is 13.1. The van der Waals surface area contributed by atoms with Gasteiger partial charge in [-0.05, 0) is 48.9 Å². The standard InChI is InChI=1S/C21H15N5O2/c1-12-15(10-22)20-25-17-4-2-3-5-18(17)26(20)21(28)16(12)11-24-14-8-6-13(7-9-14)19(23)27/h2-9,11,24H,1H3,(H2,23,27). The van der Waals surface area contributed by atoms with E-state index in [1.54, 1.807) is 49.5 Å². The molecule has 0 saturated carbocycles. The van der Waals surface area contributed by atoms with Crippen LogP contribution in [0.25, 0.3) is 22.9 Å². The van der Waals surface area contributed by atoms with Gasteiger partial charge in [-0.3, -0.25) is 14.0 Å². The minimum absolute atomic E-state index is 0.263. The molecule has 0 saturated heterocycles. The smallest absolute Gasteiger partial charge is 0.265 e. The Morgan fingerprint density at radius 2 is 1.93 bits per heavy atom. The summed E-state index contributed by atoms with van der Waals surface area (Å²) in [6.45, 7) is 1.73. The molecule has 3 N–H and O–H groups in total. The predicted molar refractivity (Wildman–Crippen MR) is 107 cm³/mol. The van der Waals surface area contributed by atoms with Crippen molar-refractivity contribution in [3.8, 4) is 6.07 Å². The Hall–Kier alpha value is -4.18. The van der Waals surface area contributed by atoms with Gasteiger partial charge in [-0.1, -0.05) is 12.1 Å². The molecule has 0 spiro atoms. The van der Waals surface area contributed by atoms with Crippen molar-refractivity contribution in [1.82, 2.24) is 9.38 Å². The topological polar surface area (TPSA) is 113 Å². The van der Waals surface area contributed by atoms with Gasteiger partial charge in [-0.15, -0.1) is 0 Å². The van der Waals surface area contributed by atoms with E-state index in [-0.39, 0.29) is 5.56 Å². The molecule has 0 radical (unpaired) electrons. The number of primary amides is 1. The average Bonchev–Trinajstić information content (AvgIpc) is 3.08. The van der Waals surface area contributed by atoms with Gasteiger partial charge < -0.3 is 11.1 Å². The number of amides is 1. The Bertz CT molecular complexity index is 1400. The summed E-state index contributed by atoms with van der Waals surface area (Å²) < 4.78 is 1.46. The van der Waals surface area contributed by atoms with E-state index in [2.05, 4.69) is 16.4 Å². The lowest BCUT2D eigenvalue weighted by atomic mass is 10.1. The van der Waals surface area contributed by atoms with Crippen molar-refractivity contribution in [1.29, 1.82) is 5.26 Å². The third-order valence-corrected chi connectivity index (χ3v) is 4.66. The molecule has 0 atom stereocenters. The predicted octanol–water partition coefficient (Wildman–Crippen LogP) is 1.70. The van der Waals surface area contributed by atoms with Crippen LogP contribution in [0.2, 0.25) is 0 Å². The fourth-order valence-electron chi connectivity index (χ4n) is 3.17. The van der Waals surface area contributed by atoms with Crippen LogP contribution in [0.3, 0.4) is 0 Å². The van der Waals surface area contributed by atoms with Gasteiger partial charge >= 0.3 is 0 Å². The molecular formula is C21H15N5O2. The van der Waals surface area contributed by atoms with Crippen LogP contribution in [-0.2, 0) is 0 Å². The highest BCUT2D eigenvalue weighted by atomic mass is 16.1. The Morgan fingerprint density at radius 3 is 2.61 bits per heavy atom. The fraction of sp³-hybridized carbons (Fsp3) is 0.0476. The third-order valence-electron chi connectivity index (χ3n) is 4.66. The molecule has 0 unspecified atom stereocenters. The van der Waals surface area contributed by atoms with Crippen LogP contribution >= 0.6 is 0 Å². The zero-order valence-electron chi connectivity index (χ0n) is 14.9. The number of nitrogens with zero attached hydrogens (tertiary/aromatic N) is 3. The van der Waals surface area contributed by atoms with Crippen LogP contribution < -0.4 is 21.8 Å². The number of carbonyl (C=O) groups is 1. The highest BCUT2D eigenvalue weighted by molar-refractivity contribution is 5.93. The number of carbonyl (C=O) groups excluding carboxylic acids is 1. The number of hydrogen-bond acceptors (Lipinski definition) is 5. The lowest BCUT2D eigenvalue weighted by Crippen LogP contribution is -2.34. The average molecular weight is 369 g/mol. The summed E-state index contributed by atoms with van der Waals surface area (Å²) in [6.07, 6.45) is 1.56. The number of rotatable bonds is 3. The molecule has 2 heterocycles. The summed E-state index contributed by atoms with van der Waals surface area (Å²) in [7, 11) is 0. The number of hydrogen-bond donors (Lipinski definition) is 2. The SMILES string of the molecule is Cc1c(C#N)c2nc3ccccc3n2c(=O)c1=CNc1ccc(C(N)=O)cc1. The summed E-state index contributed by atoms with van der Waals surface area (Å²) in [5.41, 5.74) is 8.62. The van der Waals surface area contributed by atoms with Crippen molar-refractivity contribution in [3.63, 3.8) is 0 Å². The Labute approximate surface area is 159 Å². The number of nitrogens with one attached hydrogen (secondary N) is 1. The summed E-state index contributed by atoms with van der Waals surface area (Å²) in [6, 6.07) is 16.0. The van der Waals surface area contributed by atoms with Gasteiger partial charge in [0, 0.05) is 17.5 Å². The molecule has 2 aromatic heterocycles. The first kappa shape index (κ1) is 17.2. The Kier molecular flexibility index (Phi) is 4.02. The van der Waals surface area contributed by atoms with E-state index in [4.69, 9.17) is 5.73 Å². The van der Waals surface area contributed by atoms with Gasteiger partial charge in [0.25, 0.3) is 5.56 Å². The van der Waals surface area contributed by atoms with Gasteiger partial charge in [0.2, 0.25) is 5.91 Å². The highest BCUT2D eigenvalue weighted by Gasteiger charge is 2.15. The molecule has 4 aromatic rings. The lowest BCUT2D eigenvalue weighted by molar-refractivity contribution is 0.100. The number of fused-ring (bicyclic) bond motifs is 3. The number of aromatic nitrogens is 2. The molecule has 7 heteroatoms. The number of nitriles is 1. The van der Waals surface area contributed by atoms with Crippen LogP contribution in [0.15, 0.2) is 53.3 Å². The van der Waals surface area contributed by atoms with Crippen LogP contribution in [0.4, 0.5) is 5.69 Å². The van der Waals surface area contributed by atoms with Crippen molar-refractivity contribution in [2.24, 2.45) is 5.73 Å². The van der Waals surface area contributed by atoms with Gasteiger partial charge in [0.05, 0.1) is 21.8 Å². The van der Waals surface area contributed by atoms with Crippen molar-refractivity contribution in [2.45, 2.75) is 6.92 Å². The normalized spacial score (nSPS) is 11.6. The zero-order chi connectivity index (χ0) is 19.8. The number of nitrogens with two attached hydrogens (primary N) is 1. The first-order chi connectivity index (χ1) is 13.5. The van der Waals surface area contributed by atoms with Gasteiger partial charge in [-0.25, -0.2) is 4.98 Å². The summed E-state index contributed by atoms with van der Waals surface area (Å²) in [4.78, 5) is 28.8. The van der Waals surface area contributed by atoms with Crippen LogP contribution in [0, 0.1) is 18.3 Å². The molecule has 0 aliphatic carbocycles. The molecule has 1 amide bonds. The second-order valence-electron chi connectivity index (χ2n) is 6.32. The maximum atomic E-state index is 13.1. The van der Waals surface area contributed by atoms with Crippen molar-refractivity contribution in [3.05, 3.63) is 80.8 Å². The molecular weight excluding hydrogens is 354 g/mol. The first-order valence-electron chi connectivity index (χ1n) is 8.51. The molecule has 28 heavy (non-hydrogen) atoms. The summed E-state index contributed by atoms with van der Waals surface area (Å²) in [5.74, 6) is -0.510. The highest BCUT2D eigenvalue weighted by Crippen LogP contribution is 2.17. The lowest BCUT2D eigenvalue weighted by Gasteiger charge is -2.05. The number of pyridine rings is 1. The molecule has 2 aromatic carbocycles. The van der Waals surface area contributed by atoms with Crippen LogP contribution in [0.1, 0.15) is 21.5 Å². The van der Waals surface area contributed by atoms with E-state index in [1.165, 1.54) is 4.40 Å². The second-order valence-corrected chi connectivity index (χ2v) is 6.32. The minimum atomic E-state index is -0.510. The van der Waals surface area contributed by atoms with Gasteiger partial charge in [-0.2, -0.15) is 5.26 Å². The van der Waals surface area contributed by atoms with E-state index in [9.17, 15) is 14.9 Å². The number of benzene rings is 2. The van der Waals surface area contributed by atoms with Crippen LogP contribution in [-0.4, -0.2) is 15.3 Å². The maximum Gasteiger partial charge on any atom is 0.265 e. The van der Waals surface area contributed by atoms with Crippen LogP contribution in [0.5, 0.6) is 0 Å². The largest absolute Gasteiger partial charge is 0.366 e. The van der Waals surface area contributed by atoms with E-state index in [1.807, 2.05) is 12.1 Å². The van der Waals surface area contributed by atoms with E-state index >= 15 is 0 Å². The number of imidazole rings is 1. The van der Waals surface area contributed by atoms with Gasteiger partial charge in [0.1, 0.15) is 6.07 Å². The molecule has 0 aliphatic heterocycles. The monoisotopic (exact) mass is 369 g/mol. The van der Waals surface area contributed by atoms with E-state index in [0.717, 1.165) is 0 Å². The maximum absolute atomic E-state index is 13.1. The molecule has 136 valence electrons. The minimum Gasteiger partial charge on any atom is -0.366 e. The van der Waals surface area contributed by atoms with Crippen molar-refractivity contribution >= 4 is 34.5 Å². The molecule has 0 aliphatic rings. The molecule has 0 bridgehead atoms. The summed E-state index contributed by atoms with van der Waals surface area (Å²) >= 11 is 0. The van der Waals surface area contributed by atoms with Crippen molar-refractivity contribution < 1.29 is 4.79 Å². The number of para-hydroxylation sites is 2. The quantitative estimate of drug-likeness (QED) is 0.571. The van der Waals surface area contributed by atoms with Gasteiger partial charge in [0.15, 0.2) is 5.65 Å². The molecule has 7 nitrogen and oxygen atoms in total. The molecule has 4 rings (SSSR count). The van der Waals surface area contributed by atoms with Crippen molar-refractivity contribution in [2.75, 3.05) is 5.32 Å². The fourth-order valence-corrected chi connectivity index (χ4v) is 3.17. The Morgan fingerprint density at radius 1 is 1.21 bits per heavy atom. The first-order valence-corrected chi connectivity index (χ1v) is 8.51. The number of anilines is 1.